The second-order valence-electron chi connectivity index (χ2n) is 3.87. The summed E-state index contributed by atoms with van der Waals surface area (Å²) in [4.78, 5) is 0. The number of rotatable bonds is 2. The van der Waals surface area contributed by atoms with E-state index in [0.717, 1.165) is 13.0 Å². The second-order valence-corrected chi connectivity index (χ2v) is 3.87. The molecule has 0 amide bonds. The predicted molar refractivity (Wildman–Crippen MR) is 48.0 cm³/mol. The Morgan fingerprint density at radius 3 is 2.92 bits per heavy atom. The zero-order valence-corrected chi connectivity index (χ0v) is 7.68. The van der Waals surface area contributed by atoms with Gasteiger partial charge in [0.1, 0.15) is 6.23 Å². The Hall–Kier alpha value is -0.120. The van der Waals surface area contributed by atoms with E-state index in [1.54, 1.807) is 0 Å². The Labute approximate surface area is 73.9 Å². The highest BCUT2D eigenvalue weighted by atomic mass is 16.5. The van der Waals surface area contributed by atoms with Crippen molar-refractivity contribution in [2.75, 3.05) is 13.1 Å². The summed E-state index contributed by atoms with van der Waals surface area (Å²) in [5.41, 5.74) is 0. The minimum absolute atomic E-state index is 0.301. The fourth-order valence-corrected chi connectivity index (χ4v) is 2.03. The lowest BCUT2D eigenvalue weighted by molar-refractivity contribution is 0.0409. The lowest BCUT2D eigenvalue weighted by atomic mass is 10.1. The van der Waals surface area contributed by atoms with Gasteiger partial charge in [-0.05, 0) is 26.3 Å². The number of ether oxygens (including phenoxy) is 1. The van der Waals surface area contributed by atoms with E-state index in [2.05, 4.69) is 17.6 Å². The first-order valence-corrected chi connectivity index (χ1v) is 4.97. The molecule has 3 nitrogen and oxygen atoms in total. The Morgan fingerprint density at radius 1 is 1.42 bits per heavy atom. The molecule has 0 radical (unpaired) electrons. The van der Waals surface area contributed by atoms with Crippen LogP contribution in [-0.2, 0) is 4.74 Å². The standard InChI is InChI=1S/C9H18N2O/c1-7-6-11-9(12-7)5-8-3-2-4-10-8/h7-11H,2-6H2,1H3. The molecule has 2 N–H and O–H groups in total. The summed E-state index contributed by atoms with van der Waals surface area (Å²) in [6, 6.07) is 0.688. The lowest BCUT2D eigenvalue weighted by Gasteiger charge is -2.15. The van der Waals surface area contributed by atoms with E-state index in [9.17, 15) is 0 Å². The van der Waals surface area contributed by atoms with Gasteiger partial charge >= 0.3 is 0 Å². The van der Waals surface area contributed by atoms with Crippen molar-refractivity contribution in [3.63, 3.8) is 0 Å². The maximum absolute atomic E-state index is 5.67. The molecule has 2 aliphatic heterocycles. The van der Waals surface area contributed by atoms with Gasteiger partial charge in [0.05, 0.1) is 6.10 Å². The molecule has 12 heavy (non-hydrogen) atoms. The number of hydrogen-bond acceptors (Lipinski definition) is 3. The first kappa shape index (κ1) is 8.48. The maximum atomic E-state index is 5.67. The van der Waals surface area contributed by atoms with Crippen molar-refractivity contribution in [2.24, 2.45) is 0 Å². The van der Waals surface area contributed by atoms with Gasteiger partial charge in [-0.3, -0.25) is 5.32 Å². The number of hydrogen-bond donors (Lipinski definition) is 2. The van der Waals surface area contributed by atoms with Gasteiger partial charge in [0.15, 0.2) is 0 Å². The molecular formula is C9H18N2O. The summed E-state index contributed by atoms with van der Waals surface area (Å²) in [5.74, 6) is 0. The molecule has 0 aromatic heterocycles. The van der Waals surface area contributed by atoms with Crippen LogP contribution < -0.4 is 10.6 Å². The highest BCUT2D eigenvalue weighted by Crippen LogP contribution is 2.15. The molecule has 2 fully saturated rings. The van der Waals surface area contributed by atoms with E-state index >= 15 is 0 Å². The Bertz CT molecular complexity index is 145. The fourth-order valence-electron chi connectivity index (χ4n) is 2.03. The van der Waals surface area contributed by atoms with Gasteiger partial charge in [-0.15, -0.1) is 0 Å². The monoisotopic (exact) mass is 170 g/mol. The predicted octanol–water partition coefficient (Wildman–Crippen LogP) is 0.463. The third kappa shape index (κ3) is 1.97. The van der Waals surface area contributed by atoms with Gasteiger partial charge < -0.3 is 10.1 Å². The minimum atomic E-state index is 0.301. The summed E-state index contributed by atoms with van der Waals surface area (Å²) < 4.78 is 5.67. The van der Waals surface area contributed by atoms with E-state index in [1.165, 1.54) is 19.4 Å². The quantitative estimate of drug-likeness (QED) is 0.632. The van der Waals surface area contributed by atoms with Crippen LogP contribution in [0.25, 0.3) is 0 Å². The molecule has 0 aromatic carbocycles. The van der Waals surface area contributed by atoms with Crippen molar-refractivity contribution in [1.82, 2.24) is 10.6 Å². The van der Waals surface area contributed by atoms with Crippen molar-refractivity contribution in [3.8, 4) is 0 Å². The molecule has 3 atom stereocenters. The smallest absolute Gasteiger partial charge is 0.110 e. The van der Waals surface area contributed by atoms with Crippen LogP contribution in [0.2, 0.25) is 0 Å². The summed E-state index contributed by atoms with van der Waals surface area (Å²) >= 11 is 0. The molecule has 0 spiro atoms. The molecule has 0 saturated carbocycles. The van der Waals surface area contributed by atoms with Crippen molar-refractivity contribution in [2.45, 2.75) is 44.6 Å². The Balaban J connectivity index is 1.72. The van der Waals surface area contributed by atoms with Crippen LogP contribution in [-0.4, -0.2) is 31.5 Å². The number of nitrogens with one attached hydrogen (secondary N) is 2. The average molecular weight is 170 g/mol. The molecule has 0 bridgehead atoms. The largest absolute Gasteiger partial charge is 0.359 e. The molecule has 2 saturated heterocycles. The van der Waals surface area contributed by atoms with Crippen molar-refractivity contribution in [1.29, 1.82) is 0 Å². The molecule has 3 heteroatoms. The van der Waals surface area contributed by atoms with Crippen LogP contribution in [0.3, 0.4) is 0 Å². The maximum Gasteiger partial charge on any atom is 0.110 e. The second kappa shape index (κ2) is 3.73. The van der Waals surface area contributed by atoms with Crippen LogP contribution in [0, 0.1) is 0 Å². The molecule has 2 heterocycles. The summed E-state index contributed by atoms with van der Waals surface area (Å²) in [6.07, 6.45) is 4.47. The molecule has 0 aliphatic carbocycles. The van der Waals surface area contributed by atoms with Crippen LogP contribution >= 0.6 is 0 Å². The van der Waals surface area contributed by atoms with Crippen LogP contribution in [0.15, 0.2) is 0 Å². The highest BCUT2D eigenvalue weighted by molar-refractivity contribution is 4.80. The Kier molecular flexibility index (Phi) is 2.63. The molecule has 0 aromatic rings. The van der Waals surface area contributed by atoms with Gasteiger partial charge in [0.2, 0.25) is 0 Å². The van der Waals surface area contributed by atoms with Crippen molar-refractivity contribution < 1.29 is 4.74 Å². The molecule has 3 unspecified atom stereocenters. The van der Waals surface area contributed by atoms with Gasteiger partial charge in [0.25, 0.3) is 0 Å². The average Bonchev–Trinajstić information content (AvgIpc) is 2.63. The van der Waals surface area contributed by atoms with E-state index in [4.69, 9.17) is 4.74 Å². The van der Waals surface area contributed by atoms with Crippen LogP contribution in [0.5, 0.6) is 0 Å². The molecule has 2 aliphatic rings. The SMILES string of the molecule is CC1CNC(CC2CCCN2)O1. The van der Waals surface area contributed by atoms with Crippen LogP contribution in [0.4, 0.5) is 0 Å². The van der Waals surface area contributed by atoms with Gasteiger partial charge in [-0.2, -0.15) is 0 Å². The third-order valence-electron chi connectivity index (χ3n) is 2.69. The zero-order valence-electron chi connectivity index (χ0n) is 7.68. The van der Waals surface area contributed by atoms with E-state index in [-0.39, 0.29) is 0 Å². The van der Waals surface area contributed by atoms with Crippen LogP contribution in [0.1, 0.15) is 26.2 Å². The van der Waals surface area contributed by atoms with Crippen molar-refractivity contribution in [3.05, 3.63) is 0 Å². The minimum Gasteiger partial charge on any atom is -0.359 e. The first-order valence-electron chi connectivity index (χ1n) is 4.97. The van der Waals surface area contributed by atoms with E-state index < -0.39 is 0 Å². The zero-order chi connectivity index (χ0) is 8.39. The molecule has 2 rings (SSSR count). The third-order valence-corrected chi connectivity index (χ3v) is 2.69. The highest BCUT2D eigenvalue weighted by Gasteiger charge is 2.25. The topological polar surface area (TPSA) is 33.3 Å². The van der Waals surface area contributed by atoms with Gasteiger partial charge in [-0.25, -0.2) is 0 Å². The van der Waals surface area contributed by atoms with Gasteiger partial charge in [0, 0.05) is 19.0 Å². The fraction of sp³-hybridized carbons (Fsp3) is 1.00. The summed E-state index contributed by atoms with van der Waals surface area (Å²) in [6.45, 7) is 4.32. The molecule has 70 valence electrons. The Morgan fingerprint density at radius 2 is 2.33 bits per heavy atom. The van der Waals surface area contributed by atoms with E-state index in [0.29, 0.717) is 18.4 Å². The summed E-state index contributed by atoms with van der Waals surface area (Å²) in [5, 5.41) is 6.85. The van der Waals surface area contributed by atoms with Gasteiger partial charge in [-0.1, -0.05) is 0 Å². The normalized spacial score (nSPS) is 42.2. The first-order chi connectivity index (χ1) is 5.84. The lowest BCUT2D eigenvalue weighted by Crippen LogP contribution is -2.32. The molecular weight excluding hydrogens is 152 g/mol. The van der Waals surface area contributed by atoms with E-state index in [1.807, 2.05) is 0 Å². The van der Waals surface area contributed by atoms with Crippen molar-refractivity contribution >= 4 is 0 Å². The summed E-state index contributed by atoms with van der Waals surface area (Å²) in [7, 11) is 0.